The fraction of sp³-hybridized carbons (Fsp3) is 0.190. The van der Waals surface area contributed by atoms with Gasteiger partial charge < -0.3 is 19.5 Å². The van der Waals surface area contributed by atoms with Crippen LogP contribution in [0.15, 0.2) is 66.9 Å². The van der Waals surface area contributed by atoms with Gasteiger partial charge in [-0.1, -0.05) is 23.7 Å². The van der Waals surface area contributed by atoms with Gasteiger partial charge in [-0.25, -0.2) is 4.79 Å². The first-order chi connectivity index (χ1) is 13.2. The van der Waals surface area contributed by atoms with E-state index in [0.29, 0.717) is 11.6 Å². The Hall–Kier alpha value is -2.92. The number of amides is 2. The number of carbonyl (C=O) groups excluding carboxylic acids is 1. The predicted molar refractivity (Wildman–Crippen MR) is 106 cm³/mol. The Balaban J connectivity index is 1.63. The van der Waals surface area contributed by atoms with Crippen molar-refractivity contribution in [3.63, 3.8) is 0 Å². The molecule has 6 heteroatoms. The maximum atomic E-state index is 13.1. The summed E-state index contributed by atoms with van der Waals surface area (Å²) in [6, 6.07) is 18.8. The molecule has 1 aromatic heterocycles. The van der Waals surface area contributed by atoms with E-state index in [2.05, 4.69) is 22.1 Å². The Bertz CT molecular complexity index is 935. The van der Waals surface area contributed by atoms with Crippen LogP contribution in [0.2, 0.25) is 5.02 Å². The lowest BCUT2D eigenvalue weighted by atomic mass is 10.0. The molecule has 0 saturated carbocycles. The number of methoxy groups -OCH3 is 1. The standard InChI is InChI=1S/C21H20ClN3O2/c1-27-18-10-8-17(9-11-18)23-21(26)25-14-13-24-12-2-3-19(24)20(25)15-4-6-16(22)7-5-15/h2-12,20H,13-14H2,1H3,(H,23,26)/t20-/m1/s1. The number of anilines is 1. The topological polar surface area (TPSA) is 46.5 Å². The van der Waals surface area contributed by atoms with E-state index in [1.165, 1.54) is 0 Å². The average Bonchev–Trinajstić information content (AvgIpc) is 3.17. The quantitative estimate of drug-likeness (QED) is 0.709. The number of nitrogens with zero attached hydrogens (tertiary/aromatic N) is 2. The third kappa shape index (κ3) is 3.51. The first kappa shape index (κ1) is 17.5. The van der Waals surface area contributed by atoms with Crippen molar-refractivity contribution < 1.29 is 9.53 Å². The SMILES string of the molecule is COc1ccc(NC(=O)N2CCn3cccc3[C@H]2c2ccc(Cl)cc2)cc1. The van der Waals surface area contributed by atoms with Gasteiger partial charge in [-0.05, 0) is 54.1 Å². The number of carbonyl (C=O) groups is 1. The van der Waals surface area contributed by atoms with Gasteiger partial charge in [-0.3, -0.25) is 0 Å². The molecule has 0 spiro atoms. The van der Waals surface area contributed by atoms with E-state index in [4.69, 9.17) is 16.3 Å². The highest BCUT2D eigenvalue weighted by Gasteiger charge is 2.32. The number of fused-ring (bicyclic) bond motifs is 1. The van der Waals surface area contributed by atoms with Gasteiger partial charge in [0.05, 0.1) is 13.2 Å². The van der Waals surface area contributed by atoms with Crippen LogP contribution in [0.4, 0.5) is 10.5 Å². The summed E-state index contributed by atoms with van der Waals surface area (Å²) >= 11 is 6.05. The lowest BCUT2D eigenvalue weighted by molar-refractivity contribution is 0.182. The number of urea groups is 1. The highest BCUT2D eigenvalue weighted by atomic mass is 35.5. The van der Waals surface area contributed by atoms with Crippen molar-refractivity contribution in [1.29, 1.82) is 0 Å². The van der Waals surface area contributed by atoms with E-state index in [1.54, 1.807) is 7.11 Å². The predicted octanol–water partition coefficient (Wildman–Crippen LogP) is 4.79. The summed E-state index contributed by atoms with van der Waals surface area (Å²) in [5, 5.41) is 3.67. The van der Waals surface area contributed by atoms with Crippen molar-refractivity contribution >= 4 is 23.3 Å². The van der Waals surface area contributed by atoms with Gasteiger partial charge in [-0.2, -0.15) is 0 Å². The summed E-state index contributed by atoms with van der Waals surface area (Å²) in [7, 11) is 1.62. The number of hydrogen-bond donors (Lipinski definition) is 1. The van der Waals surface area contributed by atoms with Gasteiger partial charge in [0, 0.05) is 35.7 Å². The number of benzene rings is 2. The molecular formula is C21H20ClN3O2. The van der Waals surface area contributed by atoms with Gasteiger partial charge in [0.15, 0.2) is 0 Å². The first-order valence-electron chi connectivity index (χ1n) is 8.78. The summed E-state index contributed by atoms with van der Waals surface area (Å²) in [5.74, 6) is 0.753. The number of ether oxygens (including phenoxy) is 1. The second-order valence-corrected chi connectivity index (χ2v) is 6.87. The number of rotatable bonds is 3. The smallest absolute Gasteiger partial charge is 0.322 e. The molecule has 4 rings (SSSR count). The molecule has 0 fully saturated rings. The molecule has 0 bridgehead atoms. The highest BCUT2D eigenvalue weighted by Crippen LogP contribution is 2.33. The summed E-state index contributed by atoms with van der Waals surface area (Å²) in [6.07, 6.45) is 2.05. The molecule has 2 heterocycles. The van der Waals surface area contributed by atoms with Crippen molar-refractivity contribution in [1.82, 2.24) is 9.47 Å². The van der Waals surface area contributed by atoms with Crippen LogP contribution in [0.25, 0.3) is 0 Å². The maximum absolute atomic E-state index is 13.1. The van der Waals surface area contributed by atoms with E-state index in [-0.39, 0.29) is 12.1 Å². The lowest BCUT2D eigenvalue weighted by Crippen LogP contribution is -2.44. The maximum Gasteiger partial charge on any atom is 0.322 e. The molecule has 27 heavy (non-hydrogen) atoms. The molecule has 1 aliphatic rings. The van der Waals surface area contributed by atoms with Gasteiger partial charge >= 0.3 is 6.03 Å². The van der Waals surface area contributed by atoms with Crippen LogP contribution >= 0.6 is 11.6 Å². The van der Waals surface area contributed by atoms with Gasteiger partial charge in [0.2, 0.25) is 0 Å². The number of hydrogen-bond acceptors (Lipinski definition) is 2. The van der Waals surface area contributed by atoms with Crippen LogP contribution in [0, 0.1) is 0 Å². The molecular weight excluding hydrogens is 362 g/mol. The molecule has 5 nitrogen and oxygen atoms in total. The summed E-state index contributed by atoms with van der Waals surface area (Å²) in [6.45, 7) is 1.39. The van der Waals surface area contributed by atoms with Crippen LogP contribution in [-0.2, 0) is 6.54 Å². The summed E-state index contributed by atoms with van der Waals surface area (Å²) in [4.78, 5) is 14.9. The van der Waals surface area contributed by atoms with Crippen molar-refractivity contribution in [2.45, 2.75) is 12.6 Å². The van der Waals surface area contributed by atoms with E-state index in [9.17, 15) is 4.79 Å². The number of aromatic nitrogens is 1. The minimum absolute atomic E-state index is 0.132. The van der Waals surface area contributed by atoms with E-state index < -0.39 is 0 Å². The highest BCUT2D eigenvalue weighted by molar-refractivity contribution is 6.30. The zero-order chi connectivity index (χ0) is 18.8. The molecule has 2 aromatic carbocycles. The second-order valence-electron chi connectivity index (χ2n) is 6.43. The van der Waals surface area contributed by atoms with E-state index >= 15 is 0 Å². The third-order valence-corrected chi connectivity index (χ3v) is 5.08. The van der Waals surface area contributed by atoms with Crippen molar-refractivity contribution in [3.8, 4) is 5.75 Å². The summed E-state index contributed by atoms with van der Waals surface area (Å²) in [5.41, 5.74) is 2.86. The molecule has 1 atom stereocenters. The molecule has 0 radical (unpaired) electrons. The van der Waals surface area contributed by atoms with Crippen molar-refractivity contribution in [3.05, 3.63) is 83.1 Å². The zero-order valence-electron chi connectivity index (χ0n) is 14.9. The fourth-order valence-electron chi connectivity index (χ4n) is 3.47. The normalized spacial score (nSPS) is 15.9. The second kappa shape index (κ2) is 7.37. The lowest BCUT2D eigenvalue weighted by Gasteiger charge is -2.37. The average molecular weight is 382 g/mol. The minimum atomic E-state index is -0.163. The van der Waals surface area contributed by atoms with Crippen LogP contribution in [0.5, 0.6) is 5.75 Å². The van der Waals surface area contributed by atoms with Gasteiger partial charge in [0.25, 0.3) is 0 Å². The first-order valence-corrected chi connectivity index (χ1v) is 9.15. The molecule has 0 saturated heterocycles. The minimum Gasteiger partial charge on any atom is -0.497 e. The fourth-order valence-corrected chi connectivity index (χ4v) is 3.59. The molecule has 1 aliphatic heterocycles. The molecule has 2 amide bonds. The van der Waals surface area contributed by atoms with Crippen LogP contribution in [0.3, 0.4) is 0 Å². The van der Waals surface area contributed by atoms with E-state index in [0.717, 1.165) is 29.2 Å². The van der Waals surface area contributed by atoms with Crippen molar-refractivity contribution in [2.24, 2.45) is 0 Å². The Kier molecular flexibility index (Phi) is 4.77. The molecule has 0 unspecified atom stereocenters. The Morgan fingerprint density at radius 3 is 2.52 bits per heavy atom. The molecule has 138 valence electrons. The Morgan fingerprint density at radius 2 is 1.81 bits per heavy atom. The molecule has 0 aliphatic carbocycles. The Labute approximate surface area is 163 Å². The monoisotopic (exact) mass is 381 g/mol. The summed E-state index contributed by atoms with van der Waals surface area (Å²) < 4.78 is 7.36. The van der Waals surface area contributed by atoms with Gasteiger partial charge in [0.1, 0.15) is 5.75 Å². The largest absolute Gasteiger partial charge is 0.497 e. The van der Waals surface area contributed by atoms with Crippen LogP contribution < -0.4 is 10.1 Å². The number of nitrogens with one attached hydrogen (secondary N) is 1. The number of halogens is 1. The van der Waals surface area contributed by atoms with Crippen LogP contribution in [-0.4, -0.2) is 29.2 Å². The molecule has 3 aromatic rings. The molecule has 1 N–H and O–H groups in total. The van der Waals surface area contributed by atoms with E-state index in [1.807, 2.05) is 59.5 Å². The third-order valence-electron chi connectivity index (χ3n) is 4.83. The Morgan fingerprint density at radius 1 is 1.07 bits per heavy atom. The zero-order valence-corrected chi connectivity index (χ0v) is 15.7. The van der Waals surface area contributed by atoms with Crippen LogP contribution in [0.1, 0.15) is 17.3 Å². The van der Waals surface area contributed by atoms with Gasteiger partial charge in [-0.15, -0.1) is 0 Å². The van der Waals surface area contributed by atoms with Crippen molar-refractivity contribution in [2.75, 3.05) is 19.0 Å².